The lowest BCUT2D eigenvalue weighted by molar-refractivity contribution is -0.140. The van der Waals surface area contributed by atoms with Crippen LogP contribution in [-0.4, -0.2) is 43.8 Å². The normalized spacial score (nSPS) is 12.7. The Hall–Kier alpha value is -3.27. The minimum absolute atomic E-state index is 0.0310. The van der Waals surface area contributed by atoms with Crippen LogP contribution in [0, 0.1) is 0 Å². The fourth-order valence-electron chi connectivity index (χ4n) is 4.72. The molecular formula is C34H33Cl4N3O4S. The van der Waals surface area contributed by atoms with Gasteiger partial charge in [-0.3, -0.25) is 13.9 Å². The molecule has 0 spiro atoms. The third kappa shape index (κ3) is 8.96. The Balaban J connectivity index is 1.84. The summed E-state index contributed by atoms with van der Waals surface area (Å²) in [5.74, 6) is -1.03. The molecule has 0 saturated carbocycles. The van der Waals surface area contributed by atoms with Crippen LogP contribution in [0.5, 0.6) is 0 Å². The molecule has 2 amide bonds. The summed E-state index contributed by atoms with van der Waals surface area (Å²) < 4.78 is 29.1. The molecule has 46 heavy (non-hydrogen) atoms. The molecule has 0 heterocycles. The molecule has 2 unspecified atom stereocenters. The number of hydrogen-bond donors (Lipinski definition) is 1. The molecule has 2 atom stereocenters. The first-order chi connectivity index (χ1) is 21.9. The van der Waals surface area contributed by atoms with Crippen molar-refractivity contribution >= 4 is 73.9 Å². The Morgan fingerprint density at radius 2 is 1.46 bits per heavy atom. The maximum Gasteiger partial charge on any atom is 0.264 e. The van der Waals surface area contributed by atoms with Crippen LogP contribution in [0.3, 0.4) is 0 Å². The van der Waals surface area contributed by atoms with Crippen molar-refractivity contribution in [1.29, 1.82) is 0 Å². The van der Waals surface area contributed by atoms with Gasteiger partial charge in [-0.1, -0.05) is 108 Å². The molecule has 4 aromatic rings. The third-order valence-corrected chi connectivity index (χ3v) is 10.5. The lowest BCUT2D eigenvalue weighted by Gasteiger charge is -2.34. The van der Waals surface area contributed by atoms with Crippen LogP contribution in [0.25, 0.3) is 0 Å². The number of anilines is 1. The number of benzene rings is 4. The largest absolute Gasteiger partial charge is 0.352 e. The first kappa shape index (κ1) is 35.6. The van der Waals surface area contributed by atoms with Crippen molar-refractivity contribution < 1.29 is 18.0 Å². The highest BCUT2D eigenvalue weighted by Crippen LogP contribution is 2.31. The van der Waals surface area contributed by atoms with E-state index in [1.807, 2.05) is 44.2 Å². The van der Waals surface area contributed by atoms with Gasteiger partial charge in [0.25, 0.3) is 10.0 Å². The third-order valence-electron chi connectivity index (χ3n) is 7.43. The summed E-state index contributed by atoms with van der Waals surface area (Å²) in [4.78, 5) is 29.8. The summed E-state index contributed by atoms with van der Waals surface area (Å²) in [6.07, 6.45) is 0.833. The molecule has 242 valence electrons. The van der Waals surface area contributed by atoms with Crippen molar-refractivity contribution in [3.05, 3.63) is 128 Å². The second-order valence-corrected chi connectivity index (χ2v) is 14.2. The van der Waals surface area contributed by atoms with Crippen LogP contribution in [0.1, 0.15) is 31.4 Å². The van der Waals surface area contributed by atoms with Crippen molar-refractivity contribution in [2.24, 2.45) is 0 Å². The van der Waals surface area contributed by atoms with Crippen molar-refractivity contribution in [2.45, 2.75) is 50.2 Å². The molecule has 7 nitrogen and oxygen atoms in total. The van der Waals surface area contributed by atoms with E-state index in [9.17, 15) is 18.0 Å². The molecule has 4 aromatic carbocycles. The number of carbonyl (C=O) groups excluding carboxylic acids is 2. The predicted octanol–water partition coefficient (Wildman–Crippen LogP) is 8.05. The quantitative estimate of drug-likeness (QED) is 0.152. The zero-order chi connectivity index (χ0) is 33.4. The molecule has 0 aliphatic heterocycles. The van der Waals surface area contributed by atoms with Crippen LogP contribution >= 0.6 is 46.4 Å². The first-order valence-electron chi connectivity index (χ1n) is 14.5. The Kier molecular flexibility index (Phi) is 12.4. The highest BCUT2D eigenvalue weighted by molar-refractivity contribution is 7.92. The zero-order valence-electron chi connectivity index (χ0n) is 25.2. The second kappa shape index (κ2) is 16.0. The highest BCUT2D eigenvalue weighted by Gasteiger charge is 2.35. The fourth-order valence-corrected chi connectivity index (χ4v) is 6.90. The van der Waals surface area contributed by atoms with Crippen LogP contribution in [0.15, 0.2) is 102 Å². The summed E-state index contributed by atoms with van der Waals surface area (Å²) in [5.41, 5.74) is 1.46. The van der Waals surface area contributed by atoms with Crippen LogP contribution in [0.2, 0.25) is 20.1 Å². The molecule has 0 saturated heterocycles. The maximum absolute atomic E-state index is 14.5. The van der Waals surface area contributed by atoms with Crippen LogP contribution < -0.4 is 9.62 Å². The predicted molar refractivity (Wildman–Crippen MR) is 186 cm³/mol. The summed E-state index contributed by atoms with van der Waals surface area (Å²) in [5, 5.41) is 4.03. The standard InChI is InChI=1S/C34H33Cl4N3O4S/c1-3-23(2)39-34(43)32(18-24-10-6-4-7-11-24)40(21-25-14-15-26(35)19-30(25)37)33(42)22-41(27-16-17-29(36)31(38)20-27)46(44,45)28-12-8-5-9-13-28/h4-17,19-20,23,32H,3,18,21-22H2,1-2H3,(H,39,43). The van der Waals surface area contributed by atoms with Gasteiger partial charge in [0.2, 0.25) is 11.8 Å². The SMILES string of the molecule is CCC(C)NC(=O)C(Cc1ccccc1)N(Cc1ccc(Cl)cc1Cl)C(=O)CN(c1ccc(Cl)c(Cl)c1)S(=O)(=O)c1ccccc1. The topological polar surface area (TPSA) is 86.8 Å². The number of nitrogens with zero attached hydrogens (tertiary/aromatic N) is 2. The number of halogens is 4. The minimum Gasteiger partial charge on any atom is -0.352 e. The Bertz CT molecular complexity index is 1780. The van der Waals surface area contributed by atoms with Gasteiger partial charge in [-0.2, -0.15) is 0 Å². The molecule has 1 N–H and O–H groups in total. The molecule has 0 aliphatic carbocycles. The summed E-state index contributed by atoms with van der Waals surface area (Å²) >= 11 is 25.2. The van der Waals surface area contributed by atoms with Gasteiger partial charge >= 0.3 is 0 Å². The Labute approximate surface area is 290 Å². The van der Waals surface area contributed by atoms with Gasteiger partial charge in [0.1, 0.15) is 12.6 Å². The summed E-state index contributed by atoms with van der Waals surface area (Å²) in [6, 6.07) is 25.0. The molecule has 0 bridgehead atoms. The molecule has 0 aliphatic rings. The second-order valence-electron chi connectivity index (χ2n) is 10.7. The van der Waals surface area contributed by atoms with Crippen molar-refractivity contribution in [1.82, 2.24) is 10.2 Å². The Morgan fingerprint density at radius 3 is 2.07 bits per heavy atom. The van der Waals surface area contributed by atoms with E-state index in [-0.39, 0.29) is 45.5 Å². The van der Waals surface area contributed by atoms with Crippen molar-refractivity contribution in [3.63, 3.8) is 0 Å². The van der Waals surface area contributed by atoms with E-state index in [0.29, 0.717) is 22.0 Å². The van der Waals surface area contributed by atoms with E-state index in [0.717, 1.165) is 9.87 Å². The molecule has 12 heteroatoms. The van der Waals surface area contributed by atoms with Crippen molar-refractivity contribution in [3.8, 4) is 0 Å². The number of hydrogen-bond acceptors (Lipinski definition) is 4. The molecule has 0 fully saturated rings. The fraction of sp³-hybridized carbons (Fsp3) is 0.235. The van der Waals surface area contributed by atoms with Gasteiger partial charge in [-0.05, 0) is 66.9 Å². The number of amides is 2. The van der Waals surface area contributed by atoms with E-state index in [1.54, 1.807) is 36.4 Å². The average Bonchev–Trinajstić information content (AvgIpc) is 3.04. The highest BCUT2D eigenvalue weighted by atomic mass is 35.5. The van der Waals surface area contributed by atoms with Gasteiger partial charge in [0, 0.05) is 29.1 Å². The van der Waals surface area contributed by atoms with Crippen LogP contribution in [0.4, 0.5) is 5.69 Å². The van der Waals surface area contributed by atoms with Gasteiger partial charge in [0.15, 0.2) is 0 Å². The summed E-state index contributed by atoms with van der Waals surface area (Å²) in [6.45, 7) is 3.07. The molecule has 4 rings (SSSR count). The lowest BCUT2D eigenvalue weighted by Crippen LogP contribution is -2.54. The number of carbonyl (C=O) groups is 2. The lowest BCUT2D eigenvalue weighted by atomic mass is 10.0. The van der Waals surface area contributed by atoms with Crippen molar-refractivity contribution in [2.75, 3.05) is 10.8 Å². The maximum atomic E-state index is 14.5. The zero-order valence-corrected chi connectivity index (χ0v) is 29.0. The van der Waals surface area contributed by atoms with E-state index in [1.165, 1.54) is 35.2 Å². The van der Waals surface area contributed by atoms with E-state index >= 15 is 0 Å². The number of rotatable bonds is 13. The van der Waals surface area contributed by atoms with E-state index < -0.39 is 28.5 Å². The van der Waals surface area contributed by atoms with Crippen LogP contribution in [-0.2, 0) is 32.6 Å². The monoisotopic (exact) mass is 719 g/mol. The van der Waals surface area contributed by atoms with E-state index in [2.05, 4.69) is 5.32 Å². The number of sulfonamides is 1. The molecule has 0 radical (unpaired) electrons. The Morgan fingerprint density at radius 1 is 0.804 bits per heavy atom. The average molecular weight is 722 g/mol. The smallest absolute Gasteiger partial charge is 0.264 e. The van der Waals surface area contributed by atoms with Gasteiger partial charge in [-0.15, -0.1) is 0 Å². The first-order valence-corrected chi connectivity index (χ1v) is 17.5. The molecule has 0 aromatic heterocycles. The number of nitrogens with one attached hydrogen (secondary N) is 1. The van der Waals surface area contributed by atoms with E-state index in [4.69, 9.17) is 46.4 Å². The molecular weight excluding hydrogens is 688 g/mol. The minimum atomic E-state index is -4.29. The van der Waals surface area contributed by atoms with Gasteiger partial charge in [0.05, 0.1) is 20.6 Å². The summed E-state index contributed by atoms with van der Waals surface area (Å²) in [7, 11) is -4.29. The van der Waals surface area contributed by atoms with Gasteiger partial charge in [-0.25, -0.2) is 8.42 Å². The van der Waals surface area contributed by atoms with Gasteiger partial charge < -0.3 is 10.2 Å².